The van der Waals surface area contributed by atoms with E-state index in [9.17, 15) is 9.59 Å². The van der Waals surface area contributed by atoms with Crippen LogP contribution >= 0.6 is 11.3 Å². The molecule has 2 amide bonds. The largest absolute Gasteiger partial charge is 0.496 e. The second-order valence-electron chi connectivity index (χ2n) is 6.13. The minimum absolute atomic E-state index is 0.0629. The number of aryl methyl sites for hydroxylation is 1. The molecule has 1 aromatic heterocycles. The van der Waals surface area contributed by atoms with Crippen LogP contribution in [0.5, 0.6) is 5.75 Å². The van der Waals surface area contributed by atoms with Crippen molar-refractivity contribution in [2.45, 2.75) is 13.3 Å². The summed E-state index contributed by atoms with van der Waals surface area (Å²) in [6.45, 7) is 4.33. The normalized spacial score (nSPS) is 14.5. The first kappa shape index (κ1) is 17.5. The van der Waals surface area contributed by atoms with Gasteiger partial charge in [0.25, 0.3) is 5.91 Å². The topological polar surface area (TPSA) is 49.9 Å². The van der Waals surface area contributed by atoms with E-state index in [1.807, 2.05) is 52.4 Å². The van der Waals surface area contributed by atoms with E-state index in [4.69, 9.17) is 4.74 Å². The summed E-state index contributed by atoms with van der Waals surface area (Å²) < 4.78 is 5.25. The van der Waals surface area contributed by atoms with Crippen molar-refractivity contribution in [3.63, 3.8) is 0 Å². The molecule has 132 valence electrons. The lowest BCUT2D eigenvalue weighted by Gasteiger charge is -2.34. The first-order chi connectivity index (χ1) is 12.1. The van der Waals surface area contributed by atoms with E-state index in [-0.39, 0.29) is 11.8 Å². The van der Waals surface area contributed by atoms with Crippen LogP contribution in [0.3, 0.4) is 0 Å². The number of carbonyl (C=O) groups is 2. The number of piperazine rings is 1. The Labute approximate surface area is 151 Å². The van der Waals surface area contributed by atoms with Crippen molar-refractivity contribution in [3.05, 3.63) is 51.7 Å². The number of hydrogen-bond donors (Lipinski definition) is 0. The van der Waals surface area contributed by atoms with Crippen molar-refractivity contribution in [1.82, 2.24) is 9.80 Å². The Bertz CT molecular complexity index is 750. The first-order valence-electron chi connectivity index (χ1n) is 8.32. The zero-order valence-corrected chi connectivity index (χ0v) is 15.3. The Kier molecular flexibility index (Phi) is 5.38. The zero-order valence-electron chi connectivity index (χ0n) is 14.5. The molecule has 2 heterocycles. The van der Waals surface area contributed by atoms with E-state index in [2.05, 4.69) is 0 Å². The molecule has 1 aliphatic rings. The molecule has 5 nitrogen and oxygen atoms in total. The SMILES string of the molecule is COc1ccc(CC(=O)N2CCN(C(=O)c3cccs3)CC2)cc1C. The van der Waals surface area contributed by atoms with Gasteiger partial charge in [-0.3, -0.25) is 9.59 Å². The van der Waals surface area contributed by atoms with Crippen LogP contribution in [0.1, 0.15) is 20.8 Å². The average Bonchev–Trinajstić information content (AvgIpc) is 3.16. The van der Waals surface area contributed by atoms with Gasteiger partial charge in [-0.15, -0.1) is 11.3 Å². The van der Waals surface area contributed by atoms with Gasteiger partial charge in [-0.1, -0.05) is 18.2 Å². The summed E-state index contributed by atoms with van der Waals surface area (Å²) >= 11 is 1.46. The number of rotatable bonds is 4. The molecule has 3 rings (SSSR count). The van der Waals surface area contributed by atoms with Crippen LogP contribution in [-0.4, -0.2) is 54.9 Å². The predicted octanol–water partition coefficient (Wildman–Crippen LogP) is 2.59. The number of ether oxygens (including phenoxy) is 1. The van der Waals surface area contributed by atoms with Crippen molar-refractivity contribution < 1.29 is 14.3 Å². The molecular weight excluding hydrogens is 336 g/mol. The summed E-state index contributed by atoms with van der Waals surface area (Å²) in [5.41, 5.74) is 2.01. The van der Waals surface area contributed by atoms with Crippen molar-refractivity contribution in [2.75, 3.05) is 33.3 Å². The van der Waals surface area contributed by atoms with E-state index >= 15 is 0 Å². The second-order valence-corrected chi connectivity index (χ2v) is 7.08. The second kappa shape index (κ2) is 7.70. The predicted molar refractivity (Wildman–Crippen MR) is 98.2 cm³/mol. The van der Waals surface area contributed by atoms with Crippen LogP contribution in [0.15, 0.2) is 35.7 Å². The Morgan fingerprint density at radius 2 is 1.84 bits per heavy atom. The summed E-state index contributed by atoms with van der Waals surface area (Å²) in [5.74, 6) is 0.998. The summed E-state index contributed by atoms with van der Waals surface area (Å²) in [6.07, 6.45) is 0.379. The van der Waals surface area contributed by atoms with Crippen LogP contribution in [0.4, 0.5) is 0 Å². The maximum atomic E-state index is 12.5. The fourth-order valence-corrected chi connectivity index (χ4v) is 3.74. The smallest absolute Gasteiger partial charge is 0.264 e. The maximum Gasteiger partial charge on any atom is 0.264 e. The molecule has 0 aliphatic carbocycles. The van der Waals surface area contributed by atoms with E-state index in [0.717, 1.165) is 21.8 Å². The molecule has 0 saturated carbocycles. The third-order valence-corrected chi connectivity index (χ3v) is 5.32. The third kappa shape index (κ3) is 4.02. The fourth-order valence-electron chi connectivity index (χ4n) is 3.05. The molecule has 0 radical (unpaired) electrons. The summed E-state index contributed by atoms with van der Waals surface area (Å²) in [5, 5.41) is 1.91. The van der Waals surface area contributed by atoms with Gasteiger partial charge in [-0.25, -0.2) is 0 Å². The highest BCUT2D eigenvalue weighted by Gasteiger charge is 2.25. The van der Waals surface area contributed by atoms with E-state index in [1.54, 1.807) is 7.11 Å². The van der Waals surface area contributed by atoms with E-state index < -0.39 is 0 Å². The van der Waals surface area contributed by atoms with Crippen molar-refractivity contribution in [3.8, 4) is 5.75 Å². The quantitative estimate of drug-likeness (QED) is 0.844. The standard InChI is InChI=1S/C19H22N2O3S/c1-14-12-15(5-6-16(14)24-2)13-18(22)20-7-9-21(10-8-20)19(23)17-4-3-11-25-17/h3-6,11-12H,7-10,13H2,1-2H3. The van der Waals surface area contributed by atoms with Crippen molar-refractivity contribution in [1.29, 1.82) is 0 Å². The van der Waals surface area contributed by atoms with Crippen LogP contribution < -0.4 is 4.74 Å². The highest BCUT2D eigenvalue weighted by atomic mass is 32.1. The van der Waals surface area contributed by atoms with Gasteiger partial charge >= 0.3 is 0 Å². The highest BCUT2D eigenvalue weighted by Crippen LogP contribution is 2.19. The maximum absolute atomic E-state index is 12.5. The lowest BCUT2D eigenvalue weighted by Crippen LogP contribution is -2.50. The number of amides is 2. The molecule has 0 unspecified atom stereocenters. The molecular formula is C19H22N2O3S. The third-order valence-electron chi connectivity index (χ3n) is 4.47. The summed E-state index contributed by atoms with van der Waals surface area (Å²) in [7, 11) is 1.64. The van der Waals surface area contributed by atoms with E-state index in [0.29, 0.717) is 32.6 Å². The zero-order chi connectivity index (χ0) is 17.8. The van der Waals surface area contributed by atoms with Gasteiger partial charge < -0.3 is 14.5 Å². The van der Waals surface area contributed by atoms with Gasteiger partial charge in [0.15, 0.2) is 0 Å². The van der Waals surface area contributed by atoms with Crippen LogP contribution in [0.2, 0.25) is 0 Å². The Hall–Kier alpha value is -2.34. The average molecular weight is 358 g/mol. The molecule has 1 fully saturated rings. The van der Waals surface area contributed by atoms with Crippen LogP contribution in [0.25, 0.3) is 0 Å². The van der Waals surface area contributed by atoms with Crippen molar-refractivity contribution >= 4 is 23.2 Å². The lowest BCUT2D eigenvalue weighted by molar-refractivity contribution is -0.131. The molecule has 2 aromatic rings. The number of nitrogens with zero attached hydrogens (tertiary/aromatic N) is 2. The molecule has 1 aliphatic heterocycles. The molecule has 0 bridgehead atoms. The van der Waals surface area contributed by atoms with Crippen LogP contribution in [-0.2, 0) is 11.2 Å². The fraction of sp³-hybridized carbons (Fsp3) is 0.368. The monoisotopic (exact) mass is 358 g/mol. The van der Waals surface area contributed by atoms with Crippen LogP contribution in [0, 0.1) is 6.92 Å². The molecule has 25 heavy (non-hydrogen) atoms. The summed E-state index contributed by atoms with van der Waals surface area (Å²) in [6, 6.07) is 9.55. The molecule has 1 aromatic carbocycles. The Morgan fingerprint density at radius 1 is 1.12 bits per heavy atom. The number of carbonyl (C=O) groups excluding carboxylic acids is 2. The number of methoxy groups -OCH3 is 1. The number of benzene rings is 1. The molecule has 0 atom stereocenters. The summed E-state index contributed by atoms with van der Waals surface area (Å²) in [4.78, 5) is 29.3. The number of hydrogen-bond acceptors (Lipinski definition) is 4. The van der Waals surface area contributed by atoms with Gasteiger partial charge in [-0.2, -0.15) is 0 Å². The molecule has 6 heteroatoms. The lowest BCUT2D eigenvalue weighted by atomic mass is 10.1. The van der Waals surface area contributed by atoms with Gasteiger partial charge in [-0.05, 0) is 35.6 Å². The molecule has 0 N–H and O–H groups in total. The number of thiophene rings is 1. The Balaban J connectivity index is 1.55. The van der Waals surface area contributed by atoms with Gasteiger partial charge in [0.05, 0.1) is 18.4 Å². The van der Waals surface area contributed by atoms with Gasteiger partial charge in [0.2, 0.25) is 5.91 Å². The molecule has 1 saturated heterocycles. The minimum atomic E-state index is 0.0629. The van der Waals surface area contributed by atoms with Gasteiger partial charge in [0.1, 0.15) is 5.75 Å². The highest BCUT2D eigenvalue weighted by molar-refractivity contribution is 7.12. The first-order valence-corrected chi connectivity index (χ1v) is 9.20. The van der Waals surface area contributed by atoms with E-state index in [1.165, 1.54) is 11.3 Å². The molecule has 0 spiro atoms. The minimum Gasteiger partial charge on any atom is -0.496 e. The van der Waals surface area contributed by atoms with Crippen molar-refractivity contribution in [2.24, 2.45) is 0 Å². The Morgan fingerprint density at radius 3 is 2.44 bits per heavy atom. The van der Waals surface area contributed by atoms with Gasteiger partial charge in [0, 0.05) is 26.2 Å².